The highest BCUT2D eigenvalue weighted by atomic mass is 35.5. The van der Waals surface area contributed by atoms with Gasteiger partial charge in [-0.2, -0.15) is 4.31 Å². The number of Topliss-reactive ketones (excluding diaryl/α,β-unsaturated/α-hetero) is 1. The zero-order chi connectivity index (χ0) is 19.9. The van der Waals surface area contributed by atoms with Gasteiger partial charge in [0.2, 0.25) is 15.9 Å². The highest BCUT2D eigenvalue weighted by Crippen LogP contribution is 2.24. The highest BCUT2D eigenvalue weighted by molar-refractivity contribution is 7.89. The van der Waals surface area contributed by atoms with Crippen molar-refractivity contribution in [3.05, 3.63) is 29.8 Å². The number of piperidine rings is 1. The molecule has 0 spiro atoms. The minimum atomic E-state index is -3.60. The third-order valence-corrected chi connectivity index (χ3v) is 6.66. The molecule has 2 N–H and O–H groups in total. The van der Waals surface area contributed by atoms with E-state index in [4.69, 9.17) is 0 Å². The third-order valence-electron chi connectivity index (χ3n) is 4.75. The van der Waals surface area contributed by atoms with Gasteiger partial charge in [-0.05, 0) is 44.9 Å². The molecule has 0 saturated carbocycles. The predicted molar refractivity (Wildman–Crippen MR) is 111 cm³/mol. The van der Waals surface area contributed by atoms with Crippen molar-refractivity contribution in [1.29, 1.82) is 0 Å². The van der Waals surface area contributed by atoms with E-state index in [0.717, 1.165) is 19.5 Å². The average Bonchev–Trinajstić information content (AvgIpc) is 2.67. The molecule has 0 aromatic heterocycles. The van der Waals surface area contributed by atoms with Crippen molar-refractivity contribution >= 4 is 34.1 Å². The standard InChI is InChI=1S/C19H29N3O4S.ClH/c1-3-10-20-11-12-21-19(24)17-8-13-22(14-9-17)27(25,26)18-6-4-16(5-7-18)15(2)23;/h4-7,17,20H,3,8-14H2,1-2H3,(H,21,24);1H. The quantitative estimate of drug-likeness (QED) is 0.459. The van der Waals surface area contributed by atoms with Crippen LogP contribution in [-0.4, -0.2) is 57.1 Å². The van der Waals surface area contributed by atoms with E-state index < -0.39 is 10.0 Å². The molecule has 1 aliphatic heterocycles. The minimum absolute atomic E-state index is 0. The summed E-state index contributed by atoms with van der Waals surface area (Å²) < 4.78 is 26.9. The number of rotatable bonds is 9. The molecule has 158 valence electrons. The first-order valence-electron chi connectivity index (χ1n) is 9.46. The van der Waals surface area contributed by atoms with Gasteiger partial charge in [0, 0.05) is 37.7 Å². The summed E-state index contributed by atoms with van der Waals surface area (Å²) in [6.45, 7) is 6.43. The average molecular weight is 432 g/mol. The Labute approximate surface area is 173 Å². The van der Waals surface area contributed by atoms with Crippen LogP contribution in [0.5, 0.6) is 0 Å². The van der Waals surface area contributed by atoms with E-state index in [-0.39, 0.29) is 34.9 Å². The summed E-state index contributed by atoms with van der Waals surface area (Å²) >= 11 is 0. The second kappa shape index (κ2) is 11.5. The fraction of sp³-hybridized carbons (Fsp3) is 0.579. The van der Waals surface area contributed by atoms with Gasteiger partial charge in [-0.1, -0.05) is 19.1 Å². The zero-order valence-electron chi connectivity index (χ0n) is 16.4. The molecule has 1 amide bonds. The molecule has 7 nitrogen and oxygen atoms in total. The first kappa shape index (κ1) is 24.6. The summed E-state index contributed by atoms with van der Waals surface area (Å²) in [6.07, 6.45) is 2.08. The maximum atomic E-state index is 12.7. The molecule has 1 aromatic rings. The lowest BCUT2D eigenvalue weighted by atomic mass is 9.97. The molecule has 0 bridgehead atoms. The van der Waals surface area contributed by atoms with Crippen LogP contribution in [0.25, 0.3) is 0 Å². The second-order valence-electron chi connectivity index (χ2n) is 6.80. The molecule has 0 atom stereocenters. The number of nitrogens with one attached hydrogen (secondary N) is 2. The van der Waals surface area contributed by atoms with E-state index in [9.17, 15) is 18.0 Å². The number of benzene rings is 1. The molecule has 28 heavy (non-hydrogen) atoms. The molecule has 1 fully saturated rings. The predicted octanol–water partition coefficient (Wildman–Crippen LogP) is 1.83. The Morgan fingerprint density at radius 1 is 1.07 bits per heavy atom. The first-order valence-corrected chi connectivity index (χ1v) is 10.9. The van der Waals surface area contributed by atoms with Crippen LogP contribution in [0.4, 0.5) is 0 Å². The summed E-state index contributed by atoms with van der Waals surface area (Å²) in [5.74, 6) is -0.255. The molecule has 2 rings (SSSR count). The van der Waals surface area contributed by atoms with Crippen LogP contribution in [0.1, 0.15) is 43.5 Å². The van der Waals surface area contributed by atoms with Gasteiger partial charge in [-0.3, -0.25) is 9.59 Å². The molecule has 0 aliphatic carbocycles. The first-order chi connectivity index (χ1) is 12.9. The van der Waals surface area contributed by atoms with E-state index in [1.807, 2.05) is 0 Å². The Morgan fingerprint density at radius 3 is 2.21 bits per heavy atom. The van der Waals surface area contributed by atoms with Crippen LogP contribution in [0.3, 0.4) is 0 Å². The van der Waals surface area contributed by atoms with Crippen LogP contribution in [0.15, 0.2) is 29.2 Å². The van der Waals surface area contributed by atoms with Gasteiger partial charge in [-0.15, -0.1) is 12.4 Å². The lowest BCUT2D eigenvalue weighted by molar-refractivity contribution is -0.126. The van der Waals surface area contributed by atoms with Crippen LogP contribution in [0, 0.1) is 5.92 Å². The van der Waals surface area contributed by atoms with Gasteiger partial charge in [-0.25, -0.2) is 8.42 Å². The number of carbonyl (C=O) groups is 2. The van der Waals surface area contributed by atoms with Crippen molar-refractivity contribution in [3.8, 4) is 0 Å². The van der Waals surface area contributed by atoms with Gasteiger partial charge in [0.05, 0.1) is 4.90 Å². The monoisotopic (exact) mass is 431 g/mol. The Morgan fingerprint density at radius 2 is 1.68 bits per heavy atom. The minimum Gasteiger partial charge on any atom is -0.355 e. The molecule has 1 saturated heterocycles. The Kier molecular flexibility index (Phi) is 10.1. The number of nitrogens with zero attached hydrogens (tertiary/aromatic N) is 1. The van der Waals surface area contributed by atoms with Gasteiger partial charge in [0.1, 0.15) is 0 Å². The SMILES string of the molecule is CCCNCCNC(=O)C1CCN(S(=O)(=O)c2ccc(C(C)=O)cc2)CC1.Cl. The molecule has 0 radical (unpaired) electrons. The smallest absolute Gasteiger partial charge is 0.243 e. The lowest BCUT2D eigenvalue weighted by Crippen LogP contribution is -2.44. The van der Waals surface area contributed by atoms with Crippen molar-refractivity contribution in [3.63, 3.8) is 0 Å². The van der Waals surface area contributed by atoms with Crippen LogP contribution in [-0.2, 0) is 14.8 Å². The van der Waals surface area contributed by atoms with Crippen molar-refractivity contribution in [2.45, 2.75) is 38.0 Å². The van der Waals surface area contributed by atoms with Crippen LogP contribution >= 0.6 is 12.4 Å². The zero-order valence-corrected chi connectivity index (χ0v) is 18.1. The summed E-state index contributed by atoms with van der Waals surface area (Å²) in [6, 6.07) is 5.99. The van der Waals surface area contributed by atoms with Gasteiger partial charge in [0.15, 0.2) is 5.78 Å². The molecular formula is C19H30ClN3O4S. The topological polar surface area (TPSA) is 95.6 Å². The summed E-state index contributed by atoms with van der Waals surface area (Å²) in [5.41, 5.74) is 0.484. The Hall–Kier alpha value is -1.48. The lowest BCUT2D eigenvalue weighted by Gasteiger charge is -2.30. The maximum absolute atomic E-state index is 12.7. The summed E-state index contributed by atoms with van der Waals surface area (Å²) in [4.78, 5) is 23.7. The third kappa shape index (κ3) is 6.55. The fourth-order valence-corrected chi connectivity index (χ4v) is 4.56. The number of sulfonamides is 1. The maximum Gasteiger partial charge on any atom is 0.243 e. The van der Waals surface area contributed by atoms with E-state index in [2.05, 4.69) is 17.6 Å². The van der Waals surface area contributed by atoms with Crippen molar-refractivity contribution in [1.82, 2.24) is 14.9 Å². The van der Waals surface area contributed by atoms with E-state index in [1.165, 1.54) is 35.5 Å². The van der Waals surface area contributed by atoms with E-state index >= 15 is 0 Å². The van der Waals surface area contributed by atoms with Crippen LogP contribution < -0.4 is 10.6 Å². The number of hydrogen-bond donors (Lipinski definition) is 2. The van der Waals surface area contributed by atoms with E-state index in [1.54, 1.807) is 0 Å². The van der Waals surface area contributed by atoms with Gasteiger partial charge in [0.25, 0.3) is 0 Å². The number of halogens is 1. The molecule has 9 heteroatoms. The van der Waals surface area contributed by atoms with E-state index in [0.29, 0.717) is 38.0 Å². The normalized spacial score (nSPS) is 15.6. The van der Waals surface area contributed by atoms with Crippen molar-refractivity contribution < 1.29 is 18.0 Å². The molecule has 1 aromatic carbocycles. The molecular weight excluding hydrogens is 402 g/mol. The van der Waals surface area contributed by atoms with Crippen molar-refractivity contribution in [2.75, 3.05) is 32.7 Å². The highest BCUT2D eigenvalue weighted by Gasteiger charge is 2.31. The number of hydrogen-bond acceptors (Lipinski definition) is 5. The van der Waals surface area contributed by atoms with Crippen LogP contribution in [0.2, 0.25) is 0 Å². The van der Waals surface area contributed by atoms with Gasteiger partial charge < -0.3 is 10.6 Å². The van der Waals surface area contributed by atoms with Gasteiger partial charge >= 0.3 is 0 Å². The second-order valence-corrected chi connectivity index (χ2v) is 8.74. The number of carbonyl (C=O) groups excluding carboxylic acids is 2. The number of ketones is 1. The fourth-order valence-electron chi connectivity index (χ4n) is 3.09. The summed E-state index contributed by atoms with van der Waals surface area (Å²) in [5, 5.41) is 6.14. The molecule has 0 unspecified atom stereocenters. The Bertz CT molecular complexity index is 745. The molecule has 1 heterocycles. The summed E-state index contributed by atoms with van der Waals surface area (Å²) in [7, 11) is -3.60. The number of amides is 1. The van der Waals surface area contributed by atoms with Crippen molar-refractivity contribution in [2.24, 2.45) is 5.92 Å². The molecule has 1 aliphatic rings. The Balaban J connectivity index is 0.00000392. The largest absolute Gasteiger partial charge is 0.355 e.